The fourth-order valence-corrected chi connectivity index (χ4v) is 2.00. The van der Waals surface area contributed by atoms with E-state index in [0.717, 1.165) is 16.3 Å². The number of methoxy groups -OCH3 is 1. The third-order valence-corrected chi connectivity index (χ3v) is 2.93. The summed E-state index contributed by atoms with van der Waals surface area (Å²) in [6, 6.07) is 3.81. The highest BCUT2D eigenvalue weighted by molar-refractivity contribution is 7.09. The zero-order valence-corrected chi connectivity index (χ0v) is 10.0. The van der Waals surface area contributed by atoms with Crippen molar-refractivity contribution in [3.05, 3.63) is 34.9 Å². The van der Waals surface area contributed by atoms with Gasteiger partial charge in [-0.2, -0.15) is 0 Å². The first-order valence-electron chi connectivity index (χ1n) is 4.96. The zero-order valence-electron chi connectivity index (χ0n) is 9.21. The standard InChI is InChI=1S/C11H11N3O2S/c1-16-11(15)13-6-10-14-9(7-17-10)8-3-2-4-12-5-8/h2-5,7H,6H2,1H3,(H,13,15). The van der Waals surface area contributed by atoms with E-state index in [-0.39, 0.29) is 0 Å². The van der Waals surface area contributed by atoms with E-state index in [1.807, 2.05) is 17.5 Å². The quantitative estimate of drug-likeness (QED) is 0.904. The van der Waals surface area contributed by atoms with Crippen LogP contribution in [0.5, 0.6) is 0 Å². The van der Waals surface area contributed by atoms with Gasteiger partial charge in [-0.1, -0.05) is 0 Å². The first-order chi connectivity index (χ1) is 8.29. The average Bonchev–Trinajstić information content (AvgIpc) is 2.86. The summed E-state index contributed by atoms with van der Waals surface area (Å²) in [6.45, 7) is 0.373. The molecule has 2 aromatic rings. The summed E-state index contributed by atoms with van der Waals surface area (Å²) in [5.41, 5.74) is 1.83. The number of amides is 1. The molecule has 1 amide bonds. The van der Waals surface area contributed by atoms with Gasteiger partial charge >= 0.3 is 6.09 Å². The monoisotopic (exact) mass is 249 g/mol. The van der Waals surface area contributed by atoms with Crippen molar-refractivity contribution >= 4 is 17.4 Å². The van der Waals surface area contributed by atoms with Crippen molar-refractivity contribution in [2.75, 3.05) is 7.11 Å². The van der Waals surface area contributed by atoms with Crippen molar-refractivity contribution in [2.24, 2.45) is 0 Å². The topological polar surface area (TPSA) is 64.1 Å². The van der Waals surface area contributed by atoms with E-state index >= 15 is 0 Å². The van der Waals surface area contributed by atoms with Crippen molar-refractivity contribution in [2.45, 2.75) is 6.54 Å². The summed E-state index contributed by atoms with van der Waals surface area (Å²) in [7, 11) is 1.33. The van der Waals surface area contributed by atoms with Crippen LogP contribution in [0.1, 0.15) is 5.01 Å². The number of carbonyl (C=O) groups excluding carboxylic acids is 1. The van der Waals surface area contributed by atoms with Crippen LogP contribution < -0.4 is 5.32 Å². The maximum Gasteiger partial charge on any atom is 0.407 e. The molecule has 0 saturated heterocycles. The van der Waals surface area contributed by atoms with E-state index in [1.165, 1.54) is 18.4 Å². The maximum absolute atomic E-state index is 10.9. The van der Waals surface area contributed by atoms with Crippen molar-refractivity contribution < 1.29 is 9.53 Å². The van der Waals surface area contributed by atoms with Gasteiger partial charge in [-0.3, -0.25) is 4.98 Å². The number of carbonyl (C=O) groups is 1. The van der Waals surface area contributed by atoms with Gasteiger partial charge in [0.05, 0.1) is 19.3 Å². The molecular formula is C11H11N3O2S. The molecule has 0 unspecified atom stereocenters. The van der Waals surface area contributed by atoms with Crippen molar-refractivity contribution in [1.29, 1.82) is 0 Å². The number of aromatic nitrogens is 2. The number of hydrogen-bond acceptors (Lipinski definition) is 5. The second kappa shape index (κ2) is 5.40. The minimum atomic E-state index is -0.455. The largest absolute Gasteiger partial charge is 0.453 e. The van der Waals surface area contributed by atoms with Crippen LogP contribution >= 0.6 is 11.3 Å². The number of alkyl carbamates (subject to hydrolysis) is 1. The second-order valence-electron chi connectivity index (χ2n) is 3.21. The van der Waals surface area contributed by atoms with Crippen LogP contribution in [0, 0.1) is 0 Å². The van der Waals surface area contributed by atoms with Gasteiger partial charge in [0.15, 0.2) is 0 Å². The van der Waals surface area contributed by atoms with E-state index in [0.29, 0.717) is 6.54 Å². The smallest absolute Gasteiger partial charge is 0.407 e. The Balaban J connectivity index is 2.04. The molecule has 88 valence electrons. The normalized spacial score (nSPS) is 9.94. The van der Waals surface area contributed by atoms with Gasteiger partial charge in [0, 0.05) is 23.3 Å². The Labute approximate surface area is 102 Å². The number of hydrogen-bond donors (Lipinski definition) is 1. The second-order valence-corrected chi connectivity index (χ2v) is 4.16. The molecule has 0 radical (unpaired) electrons. The van der Waals surface area contributed by atoms with Gasteiger partial charge in [-0.05, 0) is 12.1 Å². The van der Waals surface area contributed by atoms with E-state index in [2.05, 4.69) is 20.0 Å². The third-order valence-electron chi connectivity index (χ3n) is 2.08. The Kier molecular flexibility index (Phi) is 3.66. The lowest BCUT2D eigenvalue weighted by atomic mass is 10.2. The van der Waals surface area contributed by atoms with E-state index < -0.39 is 6.09 Å². The van der Waals surface area contributed by atoms with Gasteiger partial charge < -0.3 is 10.1 Å². The number of nitrogens with one attached hydrogen (secondary N) is 1. The van der Waals surface area contributed by atoms with E-state index in [1.54, 1.807) is 12.4 Å². The molecule has 0 aliphatic heterocycles. The molecule has 2 heterocycles. The summed E-state index contributed by atoms with van der Waals surface area (Å²) in [6.07, 6.45) is 3.02. The summed E-state index contributed by atoms with van der Waals surface area (Å²) in [5.74, 6) is 0. The molecule has 0 bridgehead atoms. The molecule has 17 heavy (non-hydrogen) atoms. The minimum Gasteiger partial charge on any atom is -0.453 e. The molecule has 5 nitrogen and oxygen atoms in total. The summed E-state index contributed by atoms with van der Waals surface area (Å²) in [4.78, 5) is 19.3. The maximum atomic E-state index is 10.9. The molecule has 0 aromatic carbocycles. The third kappa shape index (κ3) is 3.01. The average molecular weight is 249 g/mol. The fraction of sp³-hybridized carbons (Fsp3) is 0.182. The van der Waals surface area contributed by atoms with E-state index in [9.17, 15) is 4.79 Å². The molecule has 0 spiro atoms. The molecule has 0 aliphatic carbocycles. The molecule has 0 saturated carbocycles. The van der Waals surface area contributed by atoms with Crippen LogP contribution in [-0.4, -0.2) is 23.2 Å². The predicted octanol–water partition coefficient (Wildman–Crippen LogP) is 2.06. The first kappa shape index (κ1) is 11.5. The van der Waals surface area contributed by atoms with Crippen LogP contribution in [0.15, 0.2) is 29.9 Å². The lowest BCUT2D eigenvalue weighted by Crippen LogP contribution is -2.22. The highest BCUT2D eigenvalue weighted by atomic mass is 32.1. The molecule has 0 atom stereocenters. The van der Waals surface area contributed by atoms with Gasteiger partial charge in [-0.25, -0.2) is 9.78 Å². The molecule has 1 N–H and O–H groups in total. The highest BCUT2D eigenvalue weighted by Gasteiger charge is 2.05. The lowest BCUT2D eigenvalue weighted by Gasteiger charge is -1.99. The predicted molar refractivity (Wildman–Crippen MR) is 64.6 cm³/mol. The lowest BCUT2D eigenvalue weighted by molar-refractivity contribution is 0.170. The molecule has 6 heteroatoms. The summed E-state index contributed by atoms with van der Waals surface area (Å²) in [5, 5.41) is 5.35. The number of ether oxygens (including phenoxy) is 1. The summed E-state index contributed by atoms with van der Waals surface area (Å²) >= 11 is 1.49. The van der Waals surface area contributed by atoms with Gasteiger partial charge in [0.2, 0.25) is 0 Å². The Morgan fingerprint density at radius 2 is 2.47 bits per heavy atom. The van der Waals surface area contributed by atoms with Crippen molar-refractivity contribution in [1.82, 2.24) is 15.3 Å². The Hall–Kier alpha value is -1.95. The Bertz CT molecular complexity index is 498. The van der Waals surface area contributed by atoms with Crippen molar-refractivity contribution in [3.8, 4) is 11.3 Å². The number of thiazole rings is 1. The highest BCUT2D eigenvalue weighted by Crippen LogP contribution is 2.20. The molecular weight excluding hydrogens is 238 g/mol. The van der Waals surface area contributed by atoms with Crippen LogP contribution in [0.3, 0.4) is 0 Å². The van der Waals surface area contributed by atoms with Crippen molar-refractivity contribution in [3.63, 3.8) is 0 Å². The number of rotatable bonds is 3. The number of pyridine rings is 1. The van der Waals surface area contributed by atoms with Gasteiger partial charge in [-0.15, -0.1) is 11.3 Å². The molecule has 2 aromatic heterocycles. The number of nitrogens with zero attached hydrogens (tertiary/aromatic N) is 2. The Morgan fingerprint density at radius 3 is 3.18 bits per heavy atom. The van der Waals surface area contributed by atoms with Crippen LogP contribution in [0.25, 0.3) is 11.3 Å². The van der Waals surface area contributed by atoms with E-state index in [4.69, 9.17) is 0 Å². The SMILES string of the molecule is COC(=O)NCc1nc(-c2cccnc2)cs1. The van der Waals surface area contributed by atoms with Crippen LogP contribution in [0.2, 0.25) is 0 Å². The minimum absolute atomic E-state index is 0.373. The first-order valence-corrected chi connectivity index (χ1v) is 5.84. The Morgan fingerprint density at radius 1 is 1.59 bits per heavy atom. The zero-order chi connectivity index (χ0) is 12.1. The fourth-order valence-electron chi connectivity index (χ4n) is 1.26. The van der Waals surface area contributed by atoms with Gasteiger partial charge in [0.25, 0.3) is 0 Å². The molecule has 0 aliphatic rings. The molecule has 0 fully saturated rings. The molecule has 2 rings (SSSR count). The van der Waals surface area contributed by atoms with Crippen LogP contribution in [0.4, 0.5) is 4.79 Å². The van der Waals surface area contributed by atoms with Gasteiger partial charge in [0.1, 0.15) is 5.01 Å². The van der Waals surface area contributed by atoms with Crippen LogP contribution in [-0.2, 0) is 11.3 Å². The summed E-state index contributed by atoms with van der Waals surface area (Å²) < 4.78 is 4.48.